The van der Waals surface area contributed by atoms with Gasteiger partial charge in [0, 0.05) is 12.3 Å². The van der Waals surface area contributed by atoms with Crippen LogP contribution in [0.5, 0.6) is 5.75 Å². The summed E-state index contributed by atoms with van der Waals surface area (Å²) in [6.07, 6.45) is 0. The maximum Gasteiger partial charge on any atom is 0.257 e. The number of halogens is 3. The summed E-state index contributed by atoms with van der Waals surface area (Å²) in [4.78, 5) is 14.6. The molecule has 1 unspecified atom stereocenters. The van der Waals surface area contributed by atoms with Crippen molar-refractivity contribution < 1.29 is 9.53 Å². The molecule has 1 fully saturated rings. The molecular formula is C15H12BrCl2NO2S2. The molecule has 1 aromatic carbocycles. The average Bonchev–Trinajstić information content (AvgIpc) is 3.13. The second-order valence-electron chi connectivity index (χ2n) is 4.85. The van der Waals surface area contributed by atoms with Gasteiger partial charge in [0.05, 0.1) is 21.5 Å². The Morgan fingerprint density at radius 2 is 2.17 bits per heavy atom. The zero-order valence-electron chi connectivity index (χ0n) is 12.0. The number of rotatable bonds is 3. The Labute approximate surface area is 161 Å². The van der Waals surface area contributed by atoms with E-state index >= 15 is 0 Å². The zero-order valence-corrected chi connectivity index (χ0v) is 16.7. The SMILES string of the molecule is COc1ccc(C2SCCN2C(=O)c2cc(Cl)sc2Cl)cc1Br. The lowest BCUT2D eigenvalue weighted by molar-refractivity contribution is 0.0761. The van der Waals surface area contributed by atoms with Crippen LogP contribution in [0.25, 0.3) is 0 Å². The number of thiophene rings is 1. The standard InChI is InChI=1S/C15H12BrCl2NO2S2/c1-21-11-3-2-8(6-10(11)16)15-19(4-5-22-15)14(20)9-7-12(17)23-13(9)18/h2-3,6-7,15H,4-5H2,1H3. The zero-order chi connectivity index (χ0) is 16.6. The van der Waals surface area contributed by atoms with Crippen molar-refractivity contribution >= 4 is 68.1 Å². The third-order valence-corrected chi connectivity index (χ3v) is 6.87. The molecule has 0 aliphatic carbocycles. The minimum absolute atomic E-state index is 0.0422. The van der Waals surface area contributed by atoms with E-state index in [-0.39, 0.29) is 11.3 Å². The van der Waals surface area contributed by atoms with E-state index in [1.807, 2.05) is 23.1 Å². The lowest BCUT2D eigenvalue weighted by atomic mass is 10.2. The molecule has 0 saturated carbocycles. The van der Waals surface area contributed by atoms with Gasteiger partial charge in [-0.1, -0.05) is 29.3 Å². The van der Waals surface area contributed by atoms with E-state index in [9.17, 15) is 4.79 Å². The summed E-state index contributed by atoms with van der Waals surface area (Å²) in [6.45, 7) is 0.682. The lowest BCUT2D eigenvalue weighted by Crippen LogP contribution is -2.30. The number of nitrogens with zero attached hydrogens (tertiary/aromatic N) is 1. The van der Waals surface area contributed by atoms with Gasteiger partial charge in [-0.2, -0.15) is 0 Å². The smallest absolute Gasteiger partial charge is 0.257 e. The van der Waals surface area contributed by atoms with Gasteiger partial charge in [-0.05, 0) is 39.7 Å². The molecule has 1 atom stereocenters. The molecule has 122 valence electrons. The monoisotopic (exact) mass is 451 g/mol. The van der Waals surface area contributed by atoms with Crippen LogP contribution in [0.4, 0.5) is 0 Å². The number of hydrogen-bond acceptors (Lipinski definition) is 4. The third-order valence-electron chi connectivity index (χ3n) is 3.50. The number of methoxy groups -OCH3 is 1. The number of carbonyl (C=O) groups excluding carboxylic acids is 1. The topological polar surface area (TPSA) is 29.5 Å². The largest absolute Gasteiger partial charge is 0.496 e. The molecule has 2 heterocycles. The lowest BCUT2D eigenvalue weighted by Gasteiger charge is -2.24. The van der Waals surface area contributed by atoms with Crippen LogP contribution in [0.15, 0.2) is 28.7 Å². The summed E-state index contributed by atoms with van der Waals surface area (Å²) in [5.74, 6) is 1.57. The van der Waals surface area contributed by atoms with Gasteiger partial charge in [-0.3, -0.25) is 4.79 Å². The normalized spacial score (nSPS) is 17.6. The summed E-state index contributed by atoms with van der Waals surface area (Å²) in [5.41, 5.74) is 1.52. The number of hydrogen-bond donors (Lipinski definition) is 0. The van der Waals surface area contributed by atoms with Crippen LogP contribution < -0.4 is 4.74 Å². The van der Waals surface area contributed by atoms with Crippen molar-refractivity contribution in [3.63, 3.8) is 0 Å². The Bertz CT molecular complexity index is 753. The van der Waals surface area contributed by atoms with Crippen LogP contribution in [0, 0.1) is 0 Å². The van der Waals surface area contributed by atoms with E-state index in [4.69, 9.17) is 27.9 Å². The molecule has 8 heteroatoms. The predicted molar refractivity (Wildman–Crippen MR) is 101 cm³/mol. The molecule has 0 radical (unpaired) electrons. The van der Waals surface area contributed by atoms with Crippen LogP contribution in [0.2, 0.25) is 8.67 Å². The fourth-order valence-corrected chi connectivity index (χ4v) is 5.68. The highest BCUT2D eigenvalue weighted by Crippen LogP contribution is 2.42. The minimum atomic E-state index is -0.0832. The average molecular weight is 453 g/mol. The van der Waals surface area contributed by atoms with Crippen LogP contribution in [-0.4, -0.2) is 30.2 Å². The number of benzene rings is 1. The van der Waals surface area contributed by atoms with Crippen molar-refractivity contribution in [2.75, 3.05) is 19.4 Å². The summed E-state index contributed by atoms with van der Waals surface area (Å²) in [7, 11) is 1.63. The molecule has 1 amide bonds. The Morgan fingerprint density at radius 3 is 2.78 bits per heavy atom. The number of ether oxygens (including phenoxy) is 1. The van der Waals surface area contributed by atoms with Crippen LogP contribution in [0.3, 0.4) is 0 Å². The molecule has 3 rings (SSSR count). The first-order chi connectivity index (χ1) is 11.0. The van der Waals surface area contributed by atoms with Gasteiger partial charge in [0.25, 0.3) is 5.91 Å². The summed E-state index contributed by atoms with van der Waals surface area (Å²) in [6, 6.07) is 7.51. The molecule has 2 aromatic rings. The predicted octanol–water partition coefficient (Wildman–Crippen LogP) is 5.71. The van der Waals surface area contributed by atoms with Crippen LogP contribution in [0.1, 0.15) is 21.3 Å². The molecule has 1 saturated heterocycles. The molecule has 3 nitrogen and oxygen atoms in total. The second-order valence-corrected chi connectivity index (χ2v) is 9.18. The van der Waals surface area contributed by atoms with Gasteiger partial charge in [-0.25, -0.2) is 0 Å². The fraction of sp³-hybridized carbons (Fsp3) is 0.267. The highest BCUT2D eigenvalue weighted by molar-refractivity contribution is 9.10. The highest BCUT2D eigenvalue weighted by Gasteiger charge is 2.33. The van der Waals surface area contributed by atoms with Crippen molar-refractivity contribution in [1.82, 2.24) is 4.90 Å². The Hall–Kier alpha value is -0.400. The first kappa shape index (κ1) is 17.4. The quantitative estimate of drug-likeness (QED) is 0.596. The van der Waals surface area contributed by atoms with Gasteiger partial charge < -0.3 is 9.64 Å². The molecule has 1 aromatic heterocycles. The van der Waals surface area contributed by atoms with Gasteiger partial charge >= 0.3 is 0 Å². The van der Waals surface area contributed by atoms with E-state index in [1.54, 1.807) is 24.9 Å². The summed E-state index contributed by atoms with van der Waals surface area (Å²) in [5, 5.41) is -0.0422. The first-order valence-corrected chi connectivity index (χ1v) is 10.1. The maximum atomic E-state index is 12.8. The maximum absolute atomic E-state index is 12.8. The molecular weight excluding hydrogens is 441 g/mol. The van der Waals surface area contributed by atoms with E-state index in [0.717, 1.165) is 21.5 Å². The number of thioether (sulfide) groups is 1. The van der Waals surface area contributed by atoms with E-state index in [1.165, 1.54) is 11.3 Å². The first-order valence-electron chi connectivity index (χ1n) is 6.72. The van der Waals surface area contributed by atoms with E-state index < -0.39 is 0 Å². The molecule has 1 aliphatic rings. The van der Waals surface area contributed by atoms with Crippen LogP contribution >= 0.6 is 62.2 Å². The van der Waals surface area contributed by atoms with Gasteiger partial charge in [0.15, 0.2) is 0 Å². The Balaban J connectivity index is 1.89. The minimum Gasteiger partial charge on any atom is -0.496 e. The molecule has 23 heavy (non-hydrogen) atoms. The van der Waals surface area contributed by atoms with E-state index in [0.29, 0.717) is 20.8 Å². The van der Waals surface area contributed by atoms with Crippen molar-refractivity contribution in [3.8, 4) is 5.75 Å². The molecule has 0 spiro atoms. The van der Waals surface area contributed by atoms with Gasteiger partial charge in [0.1, 0.15) is 15.5 Å². The summed E-state index contributed by atoms with van der Waals surface area (Å²) < 4.78 is 7.09. The molecule has 0 N–H and O–H groups in total. The van der Waals surface area contributed by atoms with Crippen molar-refractivity contribution in [2.45, 2.75) is 5.37 Å². The van der Waals surface area contributed by atoms with Gasteiger partial charge in [0.2, 0.25) is 0 Å². The molecule has 0 bridgehead atoms. The van der Waals surface area contributed by atoms with Gasteiger partial charge in [-0.15, -0.1) is 23.1 Å². The third kappa shape index (κ3) is 3.51. The summed E-state index contributed by atoms with van der Waals surface area (Å²) >= 11 is 18.5. The Morgan fingerprint density at radius 1 is 1.39 bits per heavy atom. The van der Waals surface area contributed by atoms with Crippen molar-refractivity contribution in [2.24, 2.45) is 0 Å². The number of amides is 1. The second kappa shape index (κ2) is 7.23. The van der Waals surface area contributed by atoms with Crippen LogP contribution in [-0.2, 0) is 0 Å². The fourth-order valence-electron chi connectivity index (χ4n) is 2.43. The Kier molecular flexibility index (Phi) is 5.48. The van der Waals surface area contributed by atoms with Crippen molar-refractivity contribution in [1.29, 1.82) is 0 Å². The highest BCUT2D eigenvalue weighted by atomic mass is 79.9. The van der Waals surface area contributed by atoms with Crippen molar-refractivity contribution in [3.05, 3.63) is 48.5 Å². The number of carbonyl (C=O) groups is 1. The van der Waals surface area contributed by atoms with E-state index in [2.05, 4.69) is 15.9 Å². The molecule has 1 aliphatic heterocycles.